The molecule has 104 valence electrons. The average Bonchev–Trinajstić information content (AvgIpc) is 3.23. The molecule has 4 aromatic heterocycles. The lowest BCUT2D eigenvalue weighted by atomic mass is 10.4. The van der Waals surface area contributed by atoms with Gasteiger partial charge in [-0.05, 0) is 23.6 Å². The van der Waals surface area contributed by atoms with E-state index in [-0.39, 0.29) is 0 Å². The van der Waals surface area contributed by atoms with Gasteiger partial charge in [0.2, 0.25) is 11.7 Å². The highest BCUT2D eigenvalue weighted by Crippen LogP contribution is 2.30. The fraction of sp³-hybridized carbons (Fsp3) is 0.0769. The van der Waals surface area contributed by atoms with E-state index in [1.807, 2.05) is 11.4 Å². The zero-order chi connectivity index (χ0) is 14.1. The molecule has 0 fully saturated rings. The van der Waals surface area contributed by atoms with Crippen LogP contribution in [0.15, 0.2) is 50.1 Å². The highest BCUT2D eigenvalue weighted by molar-refractivity contribution is 7.98. The molecule has 0 bridgehead atoms. The summed E-state index contributed by atoms with van der Waals surface area (Å²) < 4.78 is 11.5. The summed E-state index contributed by atoms with van der Waals surface area (Å²) in [6.45, 7) is 0. The average molecular weight is 316 g/mol. The molecule has 0 aliphatic carbocycles. The van der Waals surface area contributed by atoms with Gasteiger partial charge in [-0.1, -0.05) is 16.9 Å². The zero-order valence-electron chi connectivity index (χ0n) is 10.6. The summed E-state index contributed by atoms with van der Waals surface area (Å²) in [6.07, 6.45) is 3.15. The van der Waals surface area contributed by atoms with Gasteiger partial charge >= 0.3 is 0 Å². The van der Waals surface area contributed by atoms with E-state index >= 15 is 0 Å². The Morgan fingerprint density at radius 2 is 2.24 bits per heavy atom. The van der Waals surface area contributed by atoms with E-state index in [4.69, 9.17) is 8.94 Å². The molecule has 0 aromatic carbocycles. The van der Waals surface area contributed by atoms with Crippen molar-refractivity contribution in [3.63, 3.8) is 0 Å². The summed E-state index contributed by atoms with van der Waals surface area (Å²) in [5.74, 6) is 2.14. The highest BCUT2D eigenvalue weighted by Gasteiger charge is 2.12. The largest absolute Gasteiger partial charge is 0.461 e. The Labute approximate surface area is 127 Å². The Balaban J connectivity index is 1.53. The van der Waals surface area contributed by atoms with Gasteiger partial charge in [0.05, 0.1) is 22.2 Å². The lowest BCUT2D eigenvalue weighted by molar-refractivity contribution is 0.390. The van der Waals surface area contributed by atoms with Crippen molar-refractivity contribution in [1.29, 1.82) is 0 Å². The van der Waals surface area contributed by atoms with Crippen molar-refractivity contribution in [3.8, 4) is 11.6 Å². The first kappa shape index (κ1) is 12.5. The quantitative estimate of drug-likeness (QED) is 0.420. The number of thiophene rings is 1. The summed E-state index contributed by atoms with van der Waals surface area (Å²) in [7, 11) is 0. The fourth-order valence-electron chi connectivity index (χ4n) is 1.82. The summed E-state index contributed by atoms with van der Waals surface area (Å²) >= 11 is 3.18. The first-order valence-corrected chi connectivity index (χ1v) is 7.94. The van der Waals surface area contributed by atoms with Crippen LogP contribution in [-0.4, -0.2) is 20.1 Å². The molecule has 0 atom stereocenters. The van der Waals surface area contributed by atoms with E-state index in [1.165, 1.54) is 0 Å². The Hall–Kier alpha value is -2.19. The lowest BCUT2D eigenvalue weighted by Crippen LogP contribution is -1.85. The number of aromatic nitrogens is 4. The Bertz CT molecular complexity index is 869. The first-order chi connectivity index (χ1) is 10.4. The number of fused-ring (bicyclic) bond motifs is 1. The van der Waals surface area contributed by atoms with Crippen molar-refractivity contribution in [2.45, 2.75) is 10.8 Å². The molecule has 4 heterocycles. The molecule has 0 N–H and O–H groups in total. The van der Waals surface area contributed by atoms with Crippen molar-refractivity contribution in [1.82, 2.24) is 20.1 Å². The normalized spacial score (nSPS) is 11.2. The zero-order valence-corrected chi connectivity index (χ0v) is 12.2. The van der Waals surface area contributed by atoms with E-state index in [9.17, 15) is 0 Å². The predicted molar refractivity (Wildman–Crippen MR) is 79.0 cm³/mol. The van der Waals surface area contributed by atoms with Crippen LogP contribution in [0.1, 0.15) is 5.89 Å². The van der Waals surface area contributed by atoms with Crippen molar-refractivity contribution >= 4 is 33.3 Å². The SMILES string of the molecule is c1coc(-c2noc(CSc3ncnc4ccsc34)n2)c1. The van der Waals surface area contributed by atoms with Crippen molar-refractivity contribution < 1.29 is 8.94 Å². The molecule has 0 aliphatic rings. The van der Waals surface area contributed by atoms with E-state index in [0.717, 1.165) is 15.2 Å². The molecule has 0 saturated heterocycles. The van der Waals surface area contributed by atoms with E-state index in [1.54, 1.807) is 47.8 Å². The topological polar surface area (TPSA) is 77.8 Å². The second kappa shape index (κ2) is 5.30. The maximum Gasteiger partial charge on any atom is 0.238 e. The van der Waals surface area contributed by atoms with Gasteiger partial charge in [-0.15, -0.1) is 11.3 Å². The first-order valence-electron chi connectivity index (χ1n) is 6.07. The third-order valence-corrected chi connectivity index (χ3v) is 4.77. The minimum Gasteiger partial charge on any atom is -0.461 e. The minimum atomic E-state index is 0.458. The van der Waals surface area contributed by atoms with E-state index in [2.05, 4.69) is 20.1 Å². The van der Waals surface area contributed by atoms with Crippen molar-refractivity contribution in [2.75, 3.05) is 0 Å². The van der Waals surface area contributed by atoms with Crippen LogP contribution in [0.25, 0.3) is 21.8 Å². The van der Waals surface area contributed by atoms with Gasteiger partial charge in [0.25, 0.3) is 0 Å². The van der Waals surface area contributed by atoms with Gasteiger partial charge in [-0.3, -0.25) is 0 Å². The van der Waals surface area contributed by atoms with Crippen LogP contribution < -0.4 is 0 Å². The number of nitrogens with zero attached hydrogens (tertiary/aromatic N) is 4. The third-order valence-electron chi connectivity index (χ3n) is 2.75. The van der Waals surface area contributed by atoms with Crippen LogP contribution in [0.2, 0.25) is 0 Å². The molecule has 0 amide bonds. The monoisotopic (exact) mass is 316 g/mol. The summed E-state index contributed by atoms with van der Waals surface area (Å²) in [5, 5.41) is 6.83. The maximum atomic E-state index is 5.23. The number of rotatable bonds is 4. The second-order valence-corrected chi connectivity index (χ2v) is 5.97. The van der Waals surface area contributed by atoms with E-state index < -0.39 is 0 Å². The fourth-order valence-corrected chi connectivity index (χ4v) is 3.60. The van der Waals surface area contributed by atoms with Crippen LogP contribution >= 0.6 is 23.1 Å². The maximum absolute atomic E-state index is 5.23. The number of thioether (sulfide) groups is 1. The Kier molecular flexibility index (Phi) is 3.17. The number of furan rings is 1. The number of hydrogen-bond donors (Lipinski definition) is 0. The van der Waals surface area contributed by atoms with Gasteiger partial charge in [0.15, 0.2) is 5.76 Å². The predicted octanol–water partition coefficient (Wildman–Crippen LogP) is 3.63. The van der Waals surface area contributed by atoms with Crippen LogP contribution in [0.5, 0.6) is 0 Å². The van der Waals surface area contributed by atoms with Crippen molar-refractivity contribution in [3.05, 3.63) is 42.1 Å². The van der Waals surface area contributed by atoms with Gasteiger partial charge < -0.3 is 8.94 Å². The number of hydrogen-bond acceptors (Lipinski definition) is 8. The smallest absolute Gasteiger partial charge is 0.238 e. The molecule has 0 aliphatic heterocycles. The molecule has 8 heteroatoms. The van der Waals surface area contributed by atoms with Crippen LogP contribution in [0.3, 0.4) is 0 Å². The van der Waals surface area contributed by atoms with Gasteiger partial charge in [0.1, 0.15) is 11.4 Å². The van der Waals surface area contributed by atoms with Gasteiger partial charge in [-0.2, -0.15) is 4.98 Å². The summed E-state index contributed by atoms with van der Waals surface area (Å²) in [4.78, 5) is 12.8. The van der Waals surface area contributed by atoms with Crippen LogP contribution in [-0.2, 0) is 5.75 Å². The molecular formula is C13H8N4O2S2. The molecular weight excluding hydrogens is 308 g/mol. The molecule has 0 saturated carbocycles. The molecule has 4 aromatic rings. The van der Waals surface area contributed by atoms with Crippen LogP contribution in [0, 0.1) is 0 Å². The highest BCUT2D eigenvalue weighted by atomic mass is 32.2. The Morgan fingerprint density at radius 3 is 3.14 bits per heavy atom. The third kappa shape index (κ3) is 2.43. The molecule has 0 spiro atoms. The molecule has 0 unspecified atom stereocenters. The van der Waals surface area contributed by atoms with Gasteiger partial charge in [0, 0.05) is 0 Å². The molecule has 6 nitrogen and oxygen atoms in total. The Morgan fingerprint density at radius 1 is 1.24 bits per heavy atom. The van der Waals surface area contributed by atoms with Gasteiger partial charge in [-0.25, -0.2) is 9.97 Å². The standard InChI is InChI=1S/C13H8N4O2S2/c1-2-9(18-4-1)12-16-10(19-17-12)6-21-13-11-8(3-5-20-11)14-7-15-13/h1-5,7H,6H2. The van der Waals surface area contributed by atoms with Crippen LogP contribution in [0.4, 0.5) is 0 Å². The lowest BCUT2D eigenvalue weighted by Gasteiger charge is -1.98. The summed E-state index contributed by atoms with van der Waals surface area (Å²) in [5.41, 5.74) is 0.958. The molecule has 0 radical (unpaired) electrons. The van der Waals surface area contributed by atoms with Crippen molar-refractivity contribution in [2.24, 2.45) is 0 Å². The minimum absolute atomic E-state index is 0.458. The molecule has 4 rings (SSSR count). The van der Waals surface area contributed by atoms with E-state index in [0.29, 0.717) is 23.2 Å². The molecule has 21 heavy (non-hydrogen) atoms. The summed E-state index contributed by atoms with van der Waals surface area (Å²) in [6, 6.07) is 5.56. The second-order valence-electron chi connectivity index (χ2n) is 4.09.